The van der Waals surface area contributed by atoms with E-state index in [2.05, 4.69) is 40.1 Å². The monoisotopic (exact) mass is 495 g/mol. The summed E-state index contributed by atoms with van der Waals surface area (Å²) < 4.78 is 0. The number of carbonyl (C=O) groups excluding carboxylic acids is 1. The lowest BCUT2D eigenvalue weighted by Crippen LogP contribution is -2.37. The topological polar surface area (TPSA) is 102 Å². The van der Waals surface area contributed by atoms with Gasteiger partial charge in [0.25, 0.3) is 5.91 Å². The van der Waals surface area contributed by atoms with Crippen molar-refractivity contribution >= 4 is 23.0 Å². The summed E-state index contributed by atoms with van der Waals surface area (Å²) in [6.45, 7) is 5.53. The van der Waals surface area contributed by atoms with Gasteiger partial charge in [-0.25, -0.2) is 9.78 Å². The van der Waals surface area contributed by atoms with E-state index in [-0.39, 0.29) is 11.9 Å². The predicted molar refractivity (Wildman–Crippen MR) is 140 cm³/mol. The number of benzene rings is 1. The fraction of sp³-hybridized carbons (Fsp3) is 0.310. The highest BCUT2D eigenvalue weighted by atomic mass is 16.4. The van der Waals surface area contributed by atoms with Crippen molar-refractivity contribution < 1.29 is 14.7 Å². The van der Waals surface area contributed by atoms with Gasteiger partial charge in [0, 0.05) is 54.9 Å². The Morgan fingerprint density at radius 1 is 1.05 bits per heavy atom. The molecule has 3 aromatic heterocycles. The molecule has 1 atom stereocenters. The Morgan fingerprint density at radius 3 is 2.70 bits per heavy atom. The number of pyridine rings is 2. The molecular formula is C29H29N5O3. The summed E-state index contributed by atoms with van der Waals surface area (Å²) in [6.07, 6.45) is 6.86. The van der Waals surface area contributed by atoms with Crippen molar-refractivity contribution in [1.82, 2.24) is 24.8 Å². The molecule has 8 nitrogen and oxygen atoms in total. The summed E-state index contributed by atoms with van der Waals surface area (Å²) in [5.74, 6) is -0.0488. The van der Waals surface area contributed by atoms with Gasteiger partial charge >= 0.3 is 6.09 Å². The van der Waals surface area contributed by atoms with Crippen LogP contribution in [-0.2, 0) is 13.0 Å². The molecule has 0 bridgehead atoms. The Hall–Kier alpha value is -4.20. The van der Waals surface area contributed by atoms with Crippen LogP contribution in [0.25, 0.3) is 22.2 Å². The molecule has 0 unspecified atom stereocenters. The van der Waals surface area contributed by atoms with Gasteiger partial charge in [0.15, 0.2) is 0 Å². The van der Waals surface area contributed by atoms with Crippen LogP contribution < -0.4 is 0 Å². The standard InChI is InChI=1S/C29H29N5O3/c1-17-13-31-27-23(17)12-22(15-32-27)21-10-19-7-9-33(28(35)20-6-5-18(2)30-14-20)16-25(19)24(11-21)26-4-3-8-34(26)29(36)37/h5-6,10-15,26H,3-4,7-9,16H2,1-2H3,(H,31,32)(H,36,37)/t26-/m0/s1. The maximum atomic E-state index is 13.3. The summed E-state index contributed by atoms with van der Waals surface area (Å²) in [4.78, 5) is 40.9. The summed E-state index contributed by atoms with van der Waals surface area (Å²) in [6, 6.07) is 9.90. The zero-order valence-corrected chi connectivity index (χ0v) is 21.0. The normalized spacial score (nSPS) is 17.3. The molecule has 1 saturated heterocycles. The van der Waals surface area contributed by atoms with Gasteiger partial charge in [-0.2, -0.15) is 0 Å². The van der Waals surface area contributed by atoms with Crippen molar-refractivity contribution in [2.75, 3.05) is 13.1 Å². The molecule has 2 aliphatic heterocycles. The zero-order chi connectivity index (χ0) is 25.7. The van der Waals surface area contributed by atoms with Crippen LogP contribution in [-0.4, -0.2) is 54.9 Å². The minimum absolute atomic E-state index is 0.0488. The second-order valence-corrected chi connectivity index (χ2v) is 10.1. The molecular weight excluding hydrogens is 466 g/mol. The largest absolute Gasteiger partial charge is 0.465 e. The van der Waals surface area contributed by atoms with E-state index >= 15 is 0 Å². The number of nitrogens with one attached hydrogen (secondary N) is 1. The molecule has 5 heterocycles. The number of nitrogens with zero attached hydrogens (tertiary/aromatic N) is 4. The molecule has 0 saturated carbocycles. The van der Waals surface area contributed by atoms with Crippen LogP contribution in [0.1, 0.15) is 57.2 Å². The summed E-state index contributed by atoms with van der Waals surface area (Å²) in [7, 11) is 0. The van der Waals surface area contributed by atoms with Crippen LogP contribution in [0, 0.1) is 13.8 Å². The summed E-state index contributed by atoms with van der Waals surface area (Å²) in [5.41, 5.74) is 8.69. The number of hydrogen-bond donors (Lipinski definition) is 2. The molecule has 1 aromatic carbocycles. The second-order valence-electron chi connectivity index (χ2n) is 10.1. The highest BCUT2D eigenvalue weighted by molar-refractivity contribution is 5.94. The van der Waals surface area contributed by atoms with Crippen LogP contribution in [0.3, 0.4) is 0 Å². The number of carbonyl (C=O) groups is 2. The van der Waals surface area contributed by atoms with E-state index in [9.17, 15) is 14.7 Å². The SMILES string of the molecule is Cc1ccc(C(=O)N2CCc3cc(-c4cnc5[nH]cc(C)c5c4)cc([C@@H]4CCCN4C(=O)O)c3C2)cn1. The van der Waals surface area contributed by atoms with Crippen molar-refractivity contribution in [1.29, 1.82) is 0 Å². The number of aryl methyl sites for hydroxylation is 2. The fourth-order valence-electron chi connectivity index (χ4n) is 5.72. The predicted octanol–water partition coefficient (Wildman–Crippen LogP) is 5.26. The van der Waals surface area contributed by atoms with E-state index in [0.29, 0.717) is 31.6 Å². The highest BCUT2D eigenvalue weighted by Crippen LogP contribution is 2.40. The van der Waals surface area contributed by atoms with Gasteiger partial charge in [0.1, 0.15) is 5.65 Å². The van der Waals surface area contributed by atoms with Gasteiger partial charge < -0.3 is 19.9 Å². The van der Waals surface area contributed by atoms with E-state index in [1.54, 1.807) is 11.1 Å². The maximum Gasteiger partial charge on any atom is 0.407 e. The van der Waals surface area contributed by atoms with Crippen LogP contribution in [0.2, 0.25) is 0 Å². The lowest BCUT2D eigenvalue weighted by molar-refractivity contribution is 0.0732. The minimum atomic E-state index is -0.901. The lowest BCUT2D eigenvalue weighted by Gasteiger charge is -2.33. The van der Waals surface area contributed by atoms with E-state index in [0.717, 1.165) is 57.4 Å². The van der Waals surface area contributed by atoms with Crippen LogP contribution in [0.4, 0.5) is 4.79 Å². The Morgan fingerprint density at radius 2 is 1.92 bits per heavy atom. The average molecular weight is 496 g/mol. The quantitative estimate of drug-likeness (QED) is 0.404. The van der Waals surface area contributed by atoms with E-state index in [1.807, 2.05) is 36.4 Å². The molecule has 188 valence electrons. The molecule has 37 heavy (non-hydrogen) atoms. The number of fused-ring (bicyclic) bond motifs is 2. The van der Waals surface area contributed by atoms with Crippen molar-refractivity contribution in [3.63, 3.8) is 0 Å². The Labute approximate surface area is 215 Å². The van der Waals surface area contributed by atoms with Gasteiger partial charge in [-0.1, -0.05) is 6.07 Å². The van der Waals surface area contributed by atoms with E-state index < -0.39 is 6.09 Å². The van der Waals surface area contributed by atoms with Crippen LogP contribution in [0.5, 0.6) is 0 Å². The number of carboxylic acid groups (broad SMARTS) is 1. The van der Waals surface area contributed by atoms with Crippen LogP contribution in [0.15, 0.2) is 48.9 Å². The molecule has 2 aliphatic rings. The zero-order valence-electron chi connectivity index (χ0n) is 21.0. The fourth-order valence-corrected chi connectivity index (χ4v) is 5.72. The minimum Gasteiger partial charge on any atom is -0.465 e. The molecule has 4 aromatic rings. The number of aromatic amines is 1. The van der Waals surface area contributed by atoms with Crippen molar-refractivity contribution in [2.24, 2.45) is 0 Å². The first-order valence-corrected chi connectivity index (χ1v) is 12.7. The van der Waals surface area contributed by atoms with Gasteiger partial charge in [-0.15, -0.1) is 0 Å². The van der Waals surface area contributed by atoms with Crippen molar-refractivity contribution in [3.8, 4) is 11.1 Å². The molecule has 8 heteroatoms. The first kappa shape index (κ1) is 23.2. The molecule has 2 amide bonds. The molecule has 2 N–H and O–H groups in total. The average Bonchev–Trinajstić information content (AvgIpc) is 3.55. The second kappa shape index (κ2) is 9.03. The summed E-state index contributed by atoms with van der Waals surface area (Å²) >= 11 is 0. The smallest absolute Gasteiger partial charge is 0.407 e. The maximum absolute atomic E-state index is 13.3. The third kappa shape index (κ3) is 4.12. The van der Waals surface area contributed by atoms with Crippen molar-refractivity contribution in [3.05, 3.63) is 82.4 Å². The first-order valence-electron chi connectivity index (χ1n) is 12.7. The molecule has 0 radical (unpaired) electrons. The molecule has 1 fully saturated rings. The van der Waals surface area contributed by atoms with Gasteiger partial charge in [-0.3, -0.25) is 9.78 Å². The highest BCUT2D eigenvalue weighted by Gasteiger charge is 2.34. The first-order chi connectivity index (χ1) is 17.9. The third-order valence-corrected chi connectivity index (χ3v) is 7.75. The number of aromatic nitrogens is 3. The molecule has 0 aliphatic carbocycles. The Kier molecular flexibility index (Phi) is 5.67. The number of rotatable bonds is 3. The number of likely N-dealkylation sites (tertiary alicyclic amines) is 1. The third-order valence-electron chi connectivity index (χ3n) is 7.75. The van der Waals surface area contributed by atoms with Gasteiger partial charge in [0.2, 0.25) is 0 Å². The molecule has 6 rings (SSSR count). The molecule has 0 spiro atoms. The number of H-pyrrole nitrogens is 1. The van der Waals surface area contributed by atoms with E-state index in [1.165, 1.54) is 5.56 Å². The lowest BCUT2D eigenvalue weighted by atomic mass is 9.86. The number of hydrogen-bond acceptors (Lipinski definition) is 4. The Balaban J connectivity index is 1.43. The Bertz CT molecular complexity index is 1520. The van der Waals surface area contributed by atoms with E-state index in [4.69, 9.17) is 0 Å². The number of amides is 2. The van der Waals surface area contributed by atoms with Gasteiger partial charge in [-0.05, 0) is 85.2 Å². The van der Waals surface area contributed by atoms with Crippen molar-refractivity contribution in [2.45, 2.75) is 45.7 Å². The summed E-state index contributed by atoms with van der Waals surface area (Å²) in [5, 5.41) is 11.0. The van der Waals surface area contributed by atoms with Gasteiger partial charge in [0.05, 0.1) is 11.6 Å². The van der Waals surface area contributed by atoms with Crippen LogP contribution >= 0.6 is 0 Å².